The maximum Gasteiger partial charge on any atom is 0.276 e. The predicted octanol–water partition coefficient (Wildman–Crippen LogP) is 1.36. The topological polar surface area (TPSA) is 86.0 Å². The molecule has 0 aromatic carbocycles. The number of carbonyl (C=O) groups is 2. The fraction of sp³-hybridized carbons (Fsp3) is 0.0769. The zero-order valence-corrected chi connectivity index (χ0v) is 11.4. The van der Waals surface area contributed by atoms with E-state index in [1.165, 1.54) is 12.3 Å². The van der Waals surface area contributed by atoms with Crippen molar-refractivity contribution in [3.63, 3.8) is 0 Å². The van der Waals surface area contributed by atoms with Crippen molar-refractivity contribution in [3.8, 4) is 0 Å². The van der Waals surface area contributed by atoms with Crippen LogP contribution in [0.1, 0.15) is 6.92 Å². The van der Waals surface area contributed by atoms with Gasteiger partial charge in [-0.15, -0.1) is 0 Å². The molecule has 1 saturated heterocycles. The molecule has 1 aliphatic rings. The summed E-state index contributed by atoms with van der Waals surface area (Å²) in [4.78, 5) is 41.8. The summed E-state index contributed by atoms with van der Waals surface area (Å²) in [5.41, 5.74) is -0.515. The van der Waals surface area contributed by atoms with Crippen LogP contribution in [0.15, 0.2) is 46.9 Å². The van der Waals surface area contributed by atoms with Gasteiger partial charge in [-0.2, -0.15) is 0 Å². The number of hydrogen-bond acceptors (Lipinski definition) is 4. The van der Waals surface area contributed by atoms with Crippen molar-refractivity contribution in [2.45, 2.75) is 6.92 Å². The van der Waals surface area contributed by atoms with Crippen molar-refractivity contribution in [2.75, 3.05) is 4.90 Å². The molecule has 1 aliphatic heterocycles. The van der Waals surface area contributed by atoms with Crippen molar-refractivity contribution in [1.29, 1.82) is 0 Å². The second-order valence-electron chi connectivity index (χ2n) is 3.99. The molecule has 1 aromatic rings. The highest BCUT2D eigenvalue weighted by Crippen LogP contribution is 2.26. The number of anilines is 1. The maximum absolute atomic E-state index is 12.2. The minimum absolute atomic E-state index is 0.0509. The Morgan fingerprint density at radius 3 is 2.60 bits per heavy atom. The van der Waals surface area contributed by atoms with E-state index in [0.717, 1.165) is 4.90 Å². The van der Waals surface area contributed by atoms with Gasteiger partial charge in [0.05, 0.1) is 5.57 Å². The molecule has 0 aliphatic carbocycles. The lowest BCUT2D eigenvalue weighted by Crippen LogP contribution is -2.34. The Hall–Kier alpha value is -2.54. The van der Waals surface area contributed by atoms with Crippen LogP contribution in [0.3, 0.4) is 0 Å². The summed E-state index contributed by atoms with van der Waals surface area (Å²) in [5.74, 6) is -1.21. The Labute approximate surface area is 119 Å². The van der Waals surface area contributed by atoms with Gasteiger partial charge >= 0.3 is 0 Å². The normalized spacial score (nSPS) is 17.8. The van der Waals surface area contributed by atoms with E-state index < -0.39 is 17.4 Å². The molecule has 1 aromatic heterocycles. The number of allylic oxidation sites excluding steroid dienone is 3. The van der Waals surface area contributed by atoms with Gasteiger partial charge in [-0.3, -0.25) is 19.4 Å². The van der Waals surface area contributed by atoms with E-state index in [0.29, 0.717) is 0 Å². The van der Waals surface area contributed by atoms with E-state index in [9.17, 15) is 14.4 Å². The van der Waals surface area contributed by atoms with Gasteiger partial charge in [-0.05, 0) is 25.2 Å². The Morgan fingerprint density at radius 2 is 2.00 bits per heavy atom. The van der Waals surface area contributed by atoms with Gasteiger partial charge < -0.3 is 4.98 Å². The molecule has 0 spiro atoms. The Morgan fingerprint density at radius 1 is 1.30 bits per heavy atom. The smallest absolute Gasteiger partial charge is 0.276 e. The quantitative estimate of drug-likeness (QED) is 0.489. The minimum Gasteiger partial charge on any atom is -0.337 e. The molecule has 0 radical (unpaired) electrons. The van der Waals surface area contributed by atoms with E-state index in [4.69, 9.17) is 12.2 Å². The van der Waals surface area contributed by atoms with Crippen molar-refractivity contribution in [2.24, 2.45) is 0 Å². The third-order valence-electron chi connectivity index (χ3n) is 2.72. The van der Waals surface area contributed by atoms with Crippen LogP contribution in [-0.4, -0.2) is 21.8 Å². The fourth-order valence-corrected chi connectivity index (χ4v) is 1.90. The van der Waals surface area contributed by atoms with E-state index in [2.05, 4.69) is 16.5 Å². The summed E-state index contributed by atoms with van der Waals surface area (Å²) < 4.78 is 0.112. The highest BCUT2D eigenvalue weighted by Gasteiger charge is 2.39. The Kier molecular flexibility index (Phi) is 3.62. The number of nitrogens with one attached hydrogen (secondary N) is 2. The zero-order valence-electron chi connectivity index (χ0n) is 10.6. The number of imide groups is 1. The largest absolute Gasteiger partial charge is 0.337 e. The number of nitrogens with zero attached hydrogens (tertiary/aromatic N) is 1. The summed E-state index contributed by atoms with van der Waals surface area (Å²) >= 11 is 4.76. The zero-order chi connectivity index (χ0) is 14.9. The first-order valence-corrected chi connectivity index (χ1v) is 6.11. The van der Waals surface area contributed by atoms with Crippen LogP contribution in [-0.2, 0) is 9.59 Å². The molecule has 102 valence electrons. The van der Waals surface area contributed by atoms with Gasteiger partial charge in [-0.1, -0.05) is 18.7 Å². The van der Waals surface area contributed by atoms with Crippen LogP contribution in [0.4, 0.5) is 5.69 Å². The second-order valence-corrected chi connectivity index (χ2v) is 4.40. The molecule has 2 N–H and O–H groups in total. The van der Waals surface area contributed by atoms with Crippen LogP contribution < -0.4 is 10.5 Å². The molecule has 0 unspecified atom stereocenters. The molecule has 2 heterocycles. The van der Waals surface area contributed by atoms with Crippen LogP contribution in [0.5, 0.6) is 0 Å². The number of aromatic amines is 2. The SMILES string of the molecule is C=C1C(=O)N(c2c[nH]c(=S)[nH]c2=O)C(=O)/C1=C/C=C\C. The average Bonchev–Trinajstić information content (AvgIpc) is 2.60. The van der Waals surface area contributed by atoms with Crippen molar-refractivity contribution in [1.82, 2.24) is 9.97 Å². The van der Waals surface area contributed by atoms with Gasteiger partial charge in [0.2, 0.25) is 0 Å². The third kappa shape index (κ3) is 2.19. The average molecular weight is 289 g/mol. The molecule has 6 nitrogen and oxygen atoms in total. The van der Waals surface area contributed by atoms with Gasteiger partial charge in [-0.25, -0.2) is 4.90 Å². The van der Waals surface area contributed by atoms with Crippen LogP contribution in [0, 0.1) is 4.77 Å². The number of rotatable bonds is 2. The molecule has 20 heavy (non-hydrogen) atoms. The maximum atomic E-state index is 12.2. The first-order chi connectivity index (χ1) is 9.47. The van der Waals surface area contributed by atoms with Crippen molar-refractivity contribution >= 4 is 29.7 Å². The second kappa shape index (κ2) is 5.22. The molecule has 2 amide bonds. The number of H-pyrrole nitrogens is 2. The number of amides is 2. The summed E-state index contributed by atoms with van der Waals surface area (Å²) in [6.45, 7) is 5.36. The van der Waals surface area contributed by atoms with Crippen molar-refractivity contribution < 1.29 is 9.59 Å². The molecular weight excluding hydrogens is 278 g/mol. The lowest BCUT2D eigenvalue weighted by atomic mass is 10.1. The molecule has 7 heteroatoms. The standard InChI is InChI=1S/C13H11N3O3S/c1-3-4-5-8-7(2)11(18)16(12(8)19)9-6-14-13(20)15-10(9)17/h3-6H,2H2,1H3,(H2,14,15,17,20)/b4-3-,8-5+. The van der Waals surface area contributed by atoms with Crippen LogP contribution in [0.25, 0.3) is 0 Å². The summed E-state index contributed by atoms with van der Waals surface area (Å²) in [7, 11) is 0. The highest BCUT2D eigenvalue weighted by atomic mass is 32.1. The molecule has 2 rings (SSSR count). The lowest BCUT2D eigenvalue weighted by Gasteiger charge is -2.11. The Bertz CT molecular complexity index is 783. The minimum atomic E-state index is -0.623. The monoisotopic (exact) mass is 289 g/mol. The number of hydrogen-bond donors (Lipinski definition) is 2. The van der Waals surface area contributed by atoms with E-state index in [-0.39, 0.29) is 21.6 Å². The number of aromatic nitrogens is 2. The summed E-state index contributed by atoms with van der Waals surface area (Å²) in [6.07, 6.45) is 6.05. The van der Waals surface area contributed by atoms with E-state index in [1.54, 1.807) is 19.1 Å². The highest BCUT2D eigenvalue weighted by molar-refractivity contribution is 7.71. The lowest BCUT2D eigenvalue weighted by molar-refractivity contribution is -0.119. The van der Waals surface area contributed by atoms with Crippen LogP contribution in [0.2, 0.25) is 0 Å². The van der Waals surface area contributed by atoms with Crippen LogP contribution >= 0.6 is 12.2 Å². The number of carbonyl (C=O) groups excluding carboxylic acids is 2. The molecule has 1 fully saturated rings. The van der Waals surface area contributed by atoms with E-state index in [1.807, 2.05) is 0 Å². The summed E-state index contributed by atoms with van der Waals surface area (Å²) in [5, 5.41) is 0. The molecule has 0 saturated carbocycles. The van der Waals surface area contributed by atoms with Gasteiger partial charge in [0.25, 0.3) is 17.4 Å². The van der Waals surface area contributed by atoms with Gasteiger partial charge in [0.1, 0.15) is 5.69 Å². The Balaban J connectivity index is 2.56. The first kappa shape index (κ1) is 13.9. The molecular formula is C13H11N3O3S. The van der Waals surface area contributed by atoms with E-state index >= 15 is 0 Å². The van der Waals surface area contributed by atoms with Crippen molar-refractivity contribution in [3.05, 3.63) is 57.3 Å². The third-order valence-corrected chi connectivity index (χ3v) is 2.94. The van der Waals surface area contributed by atoms with Gasteiger partial charge in [0, 0.05) is 11.8 Å². The first-order valence-electron chi connectivity index (χ1n) is 5.70. The fourth-order valence-electron chi connectivity index (χ4n) is 1.74. The molecule has 0 bridgehead atoms. The molecule has 0 atom stereocenters. The summed E-state index contributed by atoms with van der Waals surface area (Å²) in [6, 6.07) is 0. The van der Waals surface area contributed by atoms with Gasteiger partial charge in [0.15, 0.2) is 4.77 Å². The predicted molar refractivity (Wildman–Crippen MR) is 76.8 cm³/mol.